The van der Waals surface area contributed by atoms with Gasteiger partial charge in [0.1, 0.15) is 0 Å². The number of hydrogen-bond acceptors (Lipinski definition) is 6. The first kappa shape index (κ1) is 73.8. The minimum Gasteiger partial charge on any atom is -0.208 e. The zero-order valence-electron chi connectivity index (χ0n) is 64.9. The summed E-state index contributed by atoms with van der Waals surface area (Å²) in [4.78, 5) is 34.7. The topological polar surface area (TPSA) is 77.3 Å². The molecule has 118 heavy (non-hydrogen) atoms. The molecule has 0 saturated heterocycles. The van der Waals surface area contributed by atoms with Crippen LogP contribution in [-0.2, 0) is 0 Å². The Hall–Kier alpha value is -14.4. The minimum atomic E-state index is -3.08. The van der Waals surface area contributed by atoms with E-state index in [4.69, 9.17) is 29.9 Å². The molecule has 0 fully saturated rings. The molecule has 2 heterocycles. The molecule has 0 unspecified atom stereocenters. The highest BCUT2D eigenvalue weighted by atomic mass is 28.3. The molecule has 0 N–H and O–H groups in total. The van der Waals surface area contributed by atoms with Gasteiger partial charge in [0.2, 0.25) is 0 Å². The van der Waals surface area contributed by atoms with E-state index >= 15 is 0 Å². The number of nitrogens with zero attached hydrogens (tertiary/aromatic N) is 6. The van der Waals surface area contributed by atoms with Gasteiger partial charge < -0.3 is 0 Å². The molecule has 19 aromatic rings. The largest absolute Gasteiger partial charge is 0.208 e. The lowest BCUT2D eigenvalue weighted by atomic mass is 10.1. The average Bonchev–Trinajstić information content (AvgIpc) is 0.744. The molecule has 0 saturated carbocycles. The van der Waals surface area contributed by atoms with E-state index in [2.05, 4.69) is 485 Å². The standard InChI is InChI=1S/C108H80N6Si4/c1-13-47-85(48-14-1)115(86-49-15-2-16-50-86,87-51-17-3-18-52-87)97-71-39-43-81(77-97)103-109-104(82-44-40-72-98(78-82)116(88-53-19-4-20-54-88,89-55-21-5-22-56-89)90-57-23-6-24-58-90)112-107(111-103)101-75-37-38-76-102(101)108-113-105(83-45-41-73-99(79-83)117(91-59-25-7-26-60-91,92-61-27-8-28-62-92)93-63-29-9-30-64-93)110-106(114-108)84-46-42-74-100(80-84)118(94-65-31-10-32-66-94,95-67-33-11-34-68-95)96-69-35-12-36-70-96/h1-80H. The number of rotatable bonds is 22. The Balaban J connectivity index is 0.863. The van der Waals surface area contributed by atoms with Crippen molar-refractivity contribution >= 4 is 115 Å². The van der Waals surface area contributed by atoms with E-state index in [-0.39, 0.29) is 0 Å². The van der Waals surface area contributed by atoms with Crippen LogP contribution in [0.15, 0.2) is 485 Å². The molecular weight excluding hydrogens is 1490 g/mol. The summed E-state index contributed by atoms with van der Waals surface area (Å²) in [7, 11) is -12.3. The molecule has 558 valence electrons. The van der Waals surface area contributed by atoms with Crippen molar-refractivity contribution in [1.82, 2.24) is 29.9 Å². The highest BCUT2D eigenvalue weighted by Gasteiger charge is 2.46. The molecule has 0 atom stereocenters. The van der Waals surface area contributed by atoms with Crippen molar-refractivity contribution in [2.75, 3.05) is 0 Å². The van der Waals surface area contributed by atoms with Crippen LogP contribution in [-0.4, -0.2) is 62.2 Å². The van der Waals surface area contributed by atoms with Gasteiger partial charge in [0.05, 0.1) is 0 Å². The number of hydrogen-bond donors (Lipinski definition) is 0. The second-order valence-electron chi connectivity index (χ2n) is 29.9. The van der Waals surface area contributed by atoms with E-state index in [0.717, 1.165) is 33.4 Å². The van der Waals surface area contributed by atoms with Crippen LogP contribution in [0.1, 0.15) is 0 Å². The normalized spacial score (nSPS) is 11.7. The molecule has 0 bridgehead atoms. The summed E-state index contributed by atoms with van der Waals surface area (Å²) in [6.45, 7) is 0. The van der Waals surface area contributed by atoms with Gasteiger partial charge in [-0.2, -0.15) is 0 Å². The number of aromatic nitrogens is 6. The van der Waals surface area contributed by atoms with E-state index in [9.17, 15) is 0 Å². The molecular formula is C108H80N6Si4. The van der Waals surface area contributed by atoms with Gasteiger partial charge in [-0.3, -0.25) is 0 Å². The Morgan fingerprint density at radius 3 is 0.390 bits per heavy atom. The quantitative estimate of drug-likeness (QED) is 0.0497. The molecule has 6 nitrogen and oxygen atoms in total. The lowest BCUT2D eigenvalue weighted by Crippen LogP contribution is -2.74. The molecule has 17 aromatic carbocycles. The zero-order chi connectivity index (χ0) is 79.0. The van der Waals surface area contributed by atoms with Crippen LogP contribution >= 0.6 is 0 Å². The van der Waals surface area contributed by atoms with Gasteiger partial charge in [-0.15, -0.1) is 0 Å². The van der Waals surface area contributed by atoms with Crippen LogP contribution in [0.4, 0.5) is 0 Å². The van der Waals surface area contributed by atoms with Crippen LogP contribution in [0.2, 0.25) is 0 Å². The third-order valence-corrected chi connectivity index (χ3v) is 42.5. The van der Waals surface area contributed by atoms with Crippen molar-refractivity contribution in [3.63, 3.8) is 0 Å². The Bertz CT molecular complexity index is 5480. The fraction of sp³-hybridized carbons (Fsp3) is 0. The average molecular weight is 1570 g/mol. The first-order chi connectivity index (χ1) is 58.5. The first-order valence-corrected chi connectivity index (χ1v) is 48.2. The molecule has 0 aliphatic heterocycles. The Morgan fingerprint density at radius 2 is 0.237 bits per heavy atom. The van der Waals surface area contributed by atoms with E-state index < -0.39 is 32.3 Å². The van der Waals surface area contributed by atoms with E-state index in [1.165, 1.54) is 83.0 Å². The van der Waals surface area contributed by atoms with Gasteiger partial charge in [-0.1, -0.05) is 485 Å². The van der Waals surface area contributed by atoms with Gasteiger partial charge in [0, 0.05) is 33.4 Å². The summed E-state index contributed by atoms with van der Waals surface area (Å²) in [5, 5.41) is 19.9. The molecule has 0 amide bonds. The molecule has 2 aromatic heterocycles. The molecule has 0 radical (unpaired) electrons. The molecule has 0 aliphatic rings. The Morgan fingerprint density at radius 1 is 0.110 bits per heavy atom. The first-order valence-electron chi connectivity index (χ1n) is 40.2. The van der Waals surface area contributed by atoms with Gasteiger partial charge in [-0.05, 0) is 83.0 Å². The number of benzene rings is 17. The predicted octanol–water partition coefficient (Wildman–Crippen LogP) is 13.6. The van der Waals surface area contributed by atoms with Gasteiger partial charge in [0.15, 0.2) is 67.2 Å². The molecule has 10 heteroatoms. The van der Waals surface area contributed by atoms with Crippen LogP contribution < -0.4 is 83.0 Å². The Kier molecular flexibility index (Phi) is 20.5. The van der Waals surface area contributed by atoms with Crippen LogP contribution in [0.3, 0.4) is 0 Å². The minimum absolute atomic E-state index is 0.461. The van der Waals surface area contributed by atoms with Crippen molar-refractivity contribution < 1.29 is 0 Å². The van der Waals surface area contributed by atoms with Crippen molar-refractivity contribution in [2.45, 2.75) is 0 Å². The van der Waals surface area contributed by atoms with Crippen molar-refractivity contribution in [3.05, 3.63) is 485 Å². The highest BCUT2D eigenvalue weighted by Crippen LogP contribution is 2.34. The van der Waals surface area contributed by atoms with Gasteiger partial charge in [0.25, 0.3) is 0 Å². The summed E-state index contributed by atoms with van der Waals surface area (Å²) in [5.41, 5.74) is 4.85. The fourth-order valence-electron chi connectivity index (χ4n) is 18.2. The summed E-state index contributed by atoms with van der Waals surface area (Å²) >= 11 is 0. The Labute approximate surface area is 693 Å². The van der Waals surface area contributed by atoms with Gasteiger partial charge in [-0.25, -0.2) is 29.9 Å². The van der Waals surface area contributed by atoms with Crippen LogP contribution in [0.5, 0.6) is 0 Å². The third kappa shape index (κ3) is 13.4. The van der Waals surface area contributed by atoms with Crippen molar-refractivity contribution in [2.24, 2.45) is 0 Å². The van der Waals surface area contributed by atoms with E-state index in [0.29, 0.717) is 34.9 Å². The maximum Gasteiger partial charge on any atom is 0.179 e. The maximum absolute atomic E-state index is 5.79. The molecule has 0 aliphatic carbocycles. The summed E-state index contributed by atoms with van der Waals surface area (Å²) in [6, 6.07) is 177. The smallest absolute Gasteiger partial charge is 0.179 e. The van der Waals surface area contributed by atoms with E-state index in [1.807, 2.05) is 0 Å². The summed E-state index contributed by atoms with van der Waals surface area (Å²) in [6.07, 6.45) is 0. The maximum atomic E-state index is 5.79. The monoisotopic (exact) mass is 1570 g/mol. The summed E-state index contributed by atoms with van der Waals surface area (Å²) < 4.78 is 0. The van der Waals surface area contributed by atoms with Crippen molar-refractivity contribution in [1.29, 1.82) is 0 Å². The molecule has 0 spiro atoms. The fourth-order valence-corrected chi connectivity index (χ4v) is 37.4. The van der Waals surface area contributed by atoms with Crippen LogP contribution in [0.25, 0.3) is 68.3 Å². The zero-order valence-corrected chi connectivity index (χ0v) is 68.9. The second kappa shape index (κ2) is 32.9. The third-order valence-electron chi connectivity index (χ3n) is 23.4. The lowest BCUT2D eigenvalue weighted by Gasteiger charge is -2.34. The SMILES string of the molecule is c1ccc([Si](c2ccccc2)(c2ccccc2)c2cccc(-c3nc(-c4cccc([Si](c5ccccc5)(c5ccccc5)c5ccccc5)c4)nc(-c4ccccc4-c4nc(-c5cccc([Si](c6ccccc6)(c6ccccc6)c6ccccc6)c5)nc(-c5cccc([Si](c6ccccc6)(c6ccccc6)c6ccccc6)c5)n4)n3)c2)cc1. The van der Waals surface area contributed by atoms with Gasteiger partial charge >= 0.3 is 0 Å². The second-order valence-corrected chi connectivity index (χ2v) is 45.1. The van der Waals surface area contributed by atoms with E-state index in [1.54, 1.807) is 0 Å². The predicted molar refractivity (Wildman–Crippen MR) is 500 cm³/mol. The van der Waals surface area contributed by atoms with Crippen LogP contribution in [0, 0.1) is 0 Å². The lowest BCUT2D eigenvalue weighted by molar-refractivity contribution is 1.06. The van der Waals surface area contributed by atoms with Crippen molar-refractivity contribution in [3.8, 4) is 68.3 Å². The highest BCUT2D eigenvalue weighted by molar-refractivity contribution is 7.22. The summed E-state index contributed by atoms with van der Waals surface area (Å²) in [5.74, 6) is 3.01. The molecule has 19 rings (SSSR count).